The number of carbonyl (C=O) groups is 1. The molecule has 0 bridgehead atoms. The summed E-state index contributed by atoms with van der Waals surface area (Å²) < 4.78 is 23.6. The summed E-state index contributed by atoms with van der Waals surface area (Å²) in [7, 11) is 1.45. The van der Waals surface area contributed by atoms with Crippen LogP contribution < -0.4 is 4.74 Å². The van der Waals surface area contributed by atoms with E-state index in [1.807, 2.05) is 17.5 Å². The second-order valence-corrected chi connectivity index (χ2v) is 5.18. The first-order chi connectivity index (χ1) is 9.70. The number of benzene rings is 1. The SMILES string of the molecule is COc1ccc(F)cc1C(=O)COCCc1cccs1. The average Bonchev–Trinajstić information content (AvgIpc) is 2.96. The van der Waals surface area contributed by atoms with E-state index in [1.165, 1.54) is 30.2 Å². The van der Waals surface area contributed by atoms with Crippen molar-refractivity contribution in [1.82, 2.24) is 0 Å². The molecule has 0 amide bonds. The smallest absolute Gasteiger partial charge is 0.192 e. The Hall–Kier alpha value is -1.72. The van der Waals surface area contributed by atoms with E-state index in [0.29, 0.717) is 12.4 Å². The molecule has 0 aliphatic heterocycles. The van der Waals surface area contributed by atoms with Gasteiger partial charge < -0.3 is 9.47 Å². The third-order valence-corrected chi connectivity index (χ3v) is 3.70. The summed E-state index contributed by atoms with van der Waals surface area (Å²) in [5, 5.41) is 2.00. The number of ketones is 1. The molecule has 1 aromatic heterocycles. The highest BCUT2D eigenvalue weighted by Gasteiger charge is 2.13. The Balaban J connectivity index is 1.87. The Bertz CT molecular complexity index is 567. The molecule has 0 N–H and O–H groups in total. The molecule has 3 nitrogen and oxygen atoms in total. The van der Waals surface area contributed by atoms with E-state index in [9.17, 15) is 9.18 Å². The van der Waals surface area contributed by atoms with Crippen LogP contribution in [0.15, 0.2) is 35.7 Å². The third-order valence-electron chi connectivity index (χ3n) is 2.77. The van der Waals surface area contributed by atoms with Gasteiger partial charge in [-0.3, -0.25) is 4.79 Å². The summed E-state index contributed by atoms with van der Waals surface area (Å²) in [6.45, 7) is 0.384. The summed E-state index contributed by atoms with van der Waals surface area (Å²) in [6.07, 6.45) is 0.769. The van der Waals surface area contributed by atoms with E-state index in [2.05, 4.69) is 0 Å². The molecule has 2 rings (SSSR count). The van der Waals surface area contributed by atoms with Crippen LogP contribution in [-0.2, 0) is 11.2 Å². The van der Waals surface area contributed by atoms with E-state index in [4.69, 9.17) is 9.47 Å². The summed E-state index contributed by atoms with van der Waals surface area (Å²) in [6, 6.07) is 7.86. The van der Waals surface area contributed by atoms with Gasteiger partial charge in [0.05, 0.1) is 19.3 Å². The lowest BCUT2D eigenvalue weighted by atomic mass is 10.1. The molecule has 106 valence electrons. The molecule has 0 radical (unpaired) electrons. The van der Waals surface area contributed by atoms with Crippen molar-refractivity contribution in [2.24, 2.45) is 0 Å². The molecule has 1 aromatic carbocycles. The number of thiophene rings is 1. The van der Waals surface area contributed by atoms with Gasteiger partial charge in [0.25, 0.3) is 0 Å². The largest absolute Gasteiger partial charge is 0.496 e. The van der Waals surface area contributed by atoms with Gasteiger partial charge in [-0.1, -0.05) is 6.07 Å². The van der Waals surface area contributed by atoms with E-state index in [-0.39, 0.29) is 18.0 Å². The van der Waals surface area contributed by atoms with Gasteiger partial charge in [0, 0.05) is 11.3 Å². The van der Waals surface area contributed by atoms with Crippen LogP contribution in [0, 0.1) is 5.82 Å². The molecule has 20 heavy (non-hydrogen) atoms. The van der Waals surface area contributed by atoms with Crippen molar-refractivity contribution in [2.45, 2.75) is 6.42 Å². The van der Waals surface area contributed by atoms with Crippen molar-refractivity contribution >= 4 is 17.1 Å². The number of rotatable bonds is 7. The molecule has 0 atom stereocenters. The Morgan fingerprint density at radius 2 is 2.20 bits per heavy atom. The van der Waals surface area contributed by atoms with Crippen molar-refractivity contribution in [3.63, 3.8) is 0 Å². The molecule has 0 fully saturated rings. The minimum absolute atomic E-state index is 0.0782. The van der Waals surface area contributed by atoms with Gasteiger partial charge >= 0.3 is 0 Å². The average molecular weight is 294 g/mol. The molecule has 0 saturated heterocycles. The zero-order valence-electron chi connectivity index (χ0n) is 11.1. The number of hydrogen-bond acceptors (Lipinski definition) is 4. The van der Waals surface area contributed by atoms with Gasteiger partial charge in [-0.05, 0) is 29.6 Å². The molecular weight excluding hydrogens is 279 g/mol. The molecule has 0 saturated carbocycles. The van der Waals surface area contributed by atoms with Gasteiger partial charge in [0.2, 0.25) is 0 Å². The van der Waals surface area contributed by atoms with Gasteiger partial charge in [0.1, 0.15) is 18.2 Å². The van der Waals surface area contributed by atoms with Crippen LogP contribution in [0.2, 0.25) is 0 Å². The Morgan fingerprint density at radius 3 is 2.90 bits per heavy atom. The van der Waals surface area contributed by atoms with Crippen molar-refractivity contribution in [3.05, 3.63) is 52.0 Å². The fourth-order valence-corrected chi connectivity index (χ4v) is 2.46. The molecule has 0 unspecified atom stereocenters. The molecular formula is C15H15FO3S. The number of carbonyl (C=O) groups excluding carboxylic acids is 1. The number of Topliss-reactive ketones (excluding diaryl/α,β-unsaturated/α-hetero) is 1. The predicted octanol–water partition coefficient (Wildman–Crippen LogP) is 3.34. The lowest BCUT2D eigenvalue weighted by Gasteiger charge is -2.08. The lowest BCUT2D eigenvalue weighted by Crippen LogP contribution is -2.12. The number of ether oxygens (including phenoxy) is 2. The molecule has 0 spiro atoms. The van der Waals surface area contributed by atoms with Crippen molar-refractivity contribution in [3.8, 4) is 5.75 Å². The molecule has 0 aliphatic rings. The van der Waals surface area contributed by atoms with Crippen LogP contribution in [0.1, 0.15) is 15.2 Å². The van der Waals surface area contributed by atoms with Crippen LogP contribution >= 0.6 is 11.3 Å². The van der Waals surface area contributed by atoms with E-state index in [1.54, 1.807) is 11.3 Å². The maximum atomic E-state index is 13.2. The minimum atomic E-state index is -0.465. The monoisotopic (exact) mass is 294 g/mol. The van der Waals surface area contributed by atoms with Gasteiger partial charge in [-0.15, -0.1) is 11.3 Å². The first-order valence-electron chi connectivity index (χ1n) is 6.17. The Morgan fingerprint density at radius 1 is 1.35 bits per heavy atom. The highest BCUT2D eigenvalue weighted by Crippen LogP contribution is 2.20. The van der Waals surface area contributed by atoms with E-state index < -0.39 is 5.82 Å². The number of halogens is 1. The van der Waals surface area contributed by atoms with Crippen LogP contribution in [0.25, 0.3) is 0 Å². The minimum Gasteiger partial charge on any atom is -0.496 e. The maximum Gasteiger partial charge on any atom is 0.192 e. The summed E-state index contributed by atoms with van der Waals surface area (Å²) in [4.78, 5) is 13.2. The van der Waals surface area contributed by atoms with Gasteiger partial charge in [0.15, 0.2) is 5.78 Å². The van der Waals surface area contributed by atoms with Crippen LogP contribution in [0.5, 0.6) is 5.75 Å². The summed E-state index contributed by atoms with van der Waals surface area (Å²) in [5.41, 5.74) is 0.212. The lowest BCUT2D eigenvalue weighted by molar-refractivity contribution is 0.0763. The second kappa shape index (κ2) is 7.17. The van der Waals surface area contributed by atoms with Crippen LogP contribution in [-0.4, -0.2) is 26.1 Å². The summed E-state index contributed by atoms with van der Waals surface area (Å²) >= 11 is 1.65. The van der Waals surface area contributed by atoms with Crippen molar-refractivity contribution in [2.75, 3.05) is 20.3 Å². The van der Waals surface area contributed by atoms with Crippen LogP contribution in [0.4, 0.5) is 4.39 Å². The summed E-state index contributed by atoms with van der Waals surface area (Å²) in [5.74, 6) is -0.390. The molecule has 0 aliphatic carbocycles. The van der Waals surface area contributed by atoms with E-state index in [0.717, 1.165) is 6.42 Å². The molecule has 5 heteroatoms. The fourth-order valence-electron chi connectivity index (χ4n) is 1.77. The standard InChI is InChI=1S/C15H15FO3S/c1-18-15-5-4-11(16)9-13(15)14(17)10-19-7-6-12-3-2-8-20-12/h2-5,8-9H,6-7,10H2,1H3. The van der Waals surface area contributed by atoms with Gasteiger partial charge in [-0.2, -0.15) is 0 Å². The normalized spacial score (nSPS) is 10.5. The second-order valence-electron chi connectivity index (χ2n) is 4.15. The van der Waals surface area contributed by atoms with Crippen molar-refractivity contribution in [1.29, 1.82) is 0 Å². The zero-order chi connectivity index (χ0) is 14.4. The number of hydrogen-bond donors (Lipinski definition) is 0. The predicted molar refractivity (Wildman–Crippen MR) is 76.1 cm³/mol. The molecule has 2 aromatic rings. The number of methoxy groups -OCH3 is 1. The quantitative estimate of drug-likeness (QED) is 0.580. The highest BCUT2D eigenvalue weighted by molar-refractivity contribution is 7.09. The first-order valence-corrected chi connectivity index (χ1v) is 7.05. The van der Waals surface area contributed by atoms with E-state index >= 15 is 0 Å². The fraction of sp³-hybridized carbons (Fsp3) is 0.267. The Kier molecular flexibility index (Phi) is 5.26. The van der Waals surface area contributed by atoms with Crippen LogP contribution in [0.3, 0.4) is 0 Å². The highest BCUT2D eigenvalue weighted by atomic mass is 32.1. The van der Waals surface area contributed by atoms with Crippen molar-refractivity contribution < 1.29 is 18.7 Å². The first kappa shape index (κ1) is 14.7. The molecule has 1 heterocycles. The van der Waals surface area contributed by atoms with Gasteiger partial charge in [-0.25, -0.2) is 4.39 Å². The topological polar surface area (TPSA) is 35.5 Å². The maximum absolute atomic E-state index is 13.2. The third kappa shape index (κ3) is 3.88. The zero-order valence-corrected chi connectivity index (χ0v) is 11.9. The Labute approximate surface area is 121 Å².